The highest BCUT2D eigenvalue weighted by Gasteiger charge is 2.69. The molecule has 3 aromatic carbocycles. The number of carbonyl (C=O) groups is 4. The van der Waals surface area contributed by atoms with Gasteiger partial charge in [0.1, 0.15) is 11.3 Å². The molecule has 0 radical (unpaired) electrons. The van der Waals surface area contributed by atoms with Gasteiger partial charge in [0.25, 0.3) is 0 Å². The van der Waals surface area contributed by atoms with E-state index in [1.165, 1.54) is 26.2 Å². The number of anilines is 1. The highest BCUT2D eigenvalue weighted by Crippen LogP contribution is 2.52. The van der Waals surface area contributed by atoms with Crippen LogP contribution in [0.1, 0.15) is 34.5 Å². The Morgan fingerprint density at radius 2 is 1.78 bits per heavy atom. The van der Waals surface area contributed by atoms with Gasteiger partial charge in [-0.25, -0.2) is 4.90 Å². The first-order valence-corrected chi connectivity index (χ1v) is 13.8. The van der Waals surface area contributed by atoms with E-state index in [0.717, 1.165) is 15.8 Å². The van der Waals surface area contributed by atoms with Crippen molar-refractivity contribution >= 4 is 56.1 Å². The molecular weight excluding hydrogens is 590 g/mol. The number of hydrogen-bond donors (Lipinski definition) is 3. The Balaban J connectivity index is 1.52. The molecular formula is C31H26BrN3O6. The van der Waals surface area contributed by atoms with E-state index in [1.807, 2.05) is 24.3 Å². The van der Waals surface area contributed by atoms with E-state index >= 15 is 0 Å². The number of benzene rings is 3. The summed E-state index contributed by atoms with van der Waals surface area (Å²) in [5.41, 5.74) is 1.02. The zero-order chi connectivity index (χ0) is 29.1. The van der Waals surface area contributed by atoms with Crippen LogP contribution in [-0.4, -0.2) is 46.3 Å². The van der Waals surface area contributed by atoms with Crippen molar-refractivity contribution in [1.29, 1.82) is 0 Å². The lowest BCUT2D eigenvalue weighted by Crippen LogP contribution is -2.57. The molecule has 6 rings (SSSR count). The lowest BCUT2D eigenvalue weighted by molar-refractivity contribution is -0.148. The smallest absolute Gasteiger partial charge is 0.325 e. The van der Waals surface area contributed by atoms with Gasteiger partial charge in [-0.3, -0.25) is 24.5 Å². The standard InChI is InChI=1S/C31H26BrN3O6/c1-16(36)17-7-10-20(11-8-17)35-28(37)25-26(29(35)38)31(30(39)40,14-18-15-33-23-6-4-3-5-21(18)23)34-27(25)22-13-19(32)9-12-24(22)41-2/h3-13,15,25-27,33-34H,14H2,1-2H3,(H,39,40). The van der Waals surface area contributed by atoms with Crippen molar-refractivity contribution < 1.29 is 29.0 Å². The van der Waals surface area contributed by atoms with Crippen molar-refractivity contribution in [3.63, 3.8) is 0 Å². The second kappa shape index (κ2) is 9.97. The summed E-state index contributed by atoms with van der Waals surface area (Å²) in [7, 11) is 1.50. The number of Topliss-reactive ketones (excluding diaryl/α,β-unsaturated/α-hetero) is 1. The van der Waals surface area contributed by atoms with Gasteiger partial charge < -0.3 is 14.8 Å². The SMILES string of the molecule is COc1ccc(Br)cc1C1NC(Cc2c[nH]c3ccccc23)(C(=O)O)C2C(=O)N(c3ccc(C(C)=O)cc3)C(=O)C12. The second-order valence-electron chi connectivity index (χ2n) is 10.4. The van der Waals surface area contributed by atoms with Crippen molar-refractivity contribution in [2.75, 3.05) is 12.0 Å². The number of hydrogen-bond acceptors (Lipinski definition) is 6. The monoisotopic (exact) mass is 615 g/mol. The fourth-order valence-electron chi connectivity index (χ4n) is 6.33. The maximum Gasteiger partial charge on any atom is 0.325 e. The molecule has 3 N–H and O–H groups in total. The van der Waals surface area contributed by atoms with Gasteiger partial charge in [0.15, 0.2) is 5.78 Å². The maximum absolute atomic E-state index is 14.2. The van der Waals surface area contributed by atoms with Gasteiger partial charge in [0.05, 0.1) is 24.6 Å². The van der Waals surface area contributed by atoms with Gasteiger partial charge in [-0.05, 0) is 61.0 Å². The molecule has 4 atom stereocenters. The number of rotatable bonds is 7. The minimum atomic E-state index is -1.81. The Hall–Kier alpha value is -4.28. The van der Waals surface area contributed by atoms with E-state index in [9.17, 15) is 24.3 Å². The van der Waals surface area contributed by atoms with E-state index in [4.69, 9.17) is 4.74 Å². The fraction of sp³-hybridized carbons (Fsp3) is 0.226. The van der Waals surface area contributed by atoms with Gasteiger partial charge in [-0.15, -0.1) is 0 Å². The van der Waals surface area contributed by atoms with Crippen molar-refractivity contribution in [1.82, 2.24) is 10.3 Å². The molecule has 10 heteroatoms. The fourth-order valence-corrected chi connectivity index (χ4v) is 6.71. The van der Waals surface area contributed by atoms with Gasteiger partial charge in [0.2, 0.25) is 11.8 Å². The normalized spacial score (nSPS) is 23.7. The summed E-state index contributed by atoms with van der Waals surface area (Å²) in [5.74, 6) is -4.30. The maximum atomic E-state index is 14.2. The molecule has 4 unspecified atom stereocenters. The summed E-state index contributed by atoms with van der Waals surface area (Å²) in [5, 5.41) is 14.9. The molecule has 0 bridgehead atoms. The van der Waals surface area contributed by atoms with Crippen LogP contribution in [0, 0.1) is 11.8 Å². The Bertz CT molecular complexity index is 1730. The number of para-hydroxylation sites is 1. The number of ether oxygens (including phenoxy) is 1. The van der Waals surface area contributed by atoms with Gasteiger partial charge in [-0.1, -0.05) is 34.1 Å². The molecule has 208 valence electrons. The van der Waals surface area contributed by atoms with E-state index in [-0.39, 0.29) is 17.9 Å². The van der Waals surface area contributed by atoms with Crippen LogP contribution in [0.5, 0.6) is 5.75 Å². The lowest BCUT2D eigenvalue weighted by Gasteiger charge is -2.31. The van der Waals surface area contributed by atoms with Crippen LogP contribution in [0.3, 0.4) is 0 Å². The van der Waals surface area contributed by atoms with Crippen molar-refractivity contribution in [2.24, 2.45) is 11.8 Å². The number of H-pyrrole nitrogens is 1. The first kappa shape index (κ1) is 26.9. The van der Waals surface area contributed by atoms with Crippen LogP contribution in [0.2, 0.25) is 0 Å². The third-order valence-corrected chi connectivity index (χ3v) is 8.73. The summed E-state index contributed by atoms with van der Waals surface area (Å²) in [6.45, 7) is 1.43. The van der Waals surface area contributed by atoms with Gasteiger partial charge >= 0.3 is 5.97 Å². The Kier molecular flexibility index (Phi) is 6.55. The minimum absolute atomic E-state index is 0.0452. The number of methoxy groups -OCH3 is 1. The van der Waals surface area contributed by atoms with Crippen molar-refractivity contribution in [2.45, 2.75) is 24.9 Å². The second-order valence-corrected chi connectivity index (χ2v) is 11.4. The lowest BCUT2D eigenvalue weighted by atomic mass is 9.76. The number of imide groups is 1. The number of carboxylic acids is 1. The average molecular weight is 616 g/mol. The molecule has 2 fully saturated rings. The molecule has 0 aliphatic carbocycles. The Morgan fingerprint density at radius 1 is 1.05 bits per heavy atom. The first-order valence-electron chi connectivity index (χ1n) is 13.0. The van der Waals surface area contributed by atoms with Crippen molar-refractivity contribution in [3.8, 4) is 5.75 Å². The van der Waals surface area contributed by atoms with Gasteiger partial charge in [0, 0.05) is 45.2 Å². The summed E-state index contributed by atoms with van der Waals surface area (Å²) in [6, 6.07) is 18.2. The molecule has 2 aliphatic heterocycles. The number of halogens is 1. The van der Waals surface area contributed by atoms with Crippen LogP contribution in [0.25, 0.3) is 10.9 Å². The zero-order valence-electron chi connectivity index (χ0n) is 22.2. The Morgan fingerprint density at radius 3 is 2.46 bits per heavy atom. The van der Waals surface area contributed by atoms with E-state index in [2.05, 4.69) is 26.2 Å². The molecule has 0 saturated carbocycles. The number of nitrogens with zero attached hydrogens (tertiary/aromatic N) is 1. The van der Waals surface area contributed by atoms with Gasteiger partial charge in [-0.2, -0.15) is 0 Å². The number of ketones is 1. The molecule has 0 spiro atoms. The summed E-state index contributed by atoms with van der Waals surface area (Å²) in [4.78, 5) is 57.7. The molecule has 2 saturated heterocycles. The number of aromatic nitrogens is 1. The third kappa shape index (κ3) is 4.17. The summed E-state index contributed by atoms with van der Waals surface area (Å²) < 4.78 is 6.32. The highest BCUT2D eigenvalue weighted by atomic mass is 79.9. The van der Waals surface area contributed by atoms with Crippen LogP contribution in [0.4, 0.5) is 5.69 Å². The van der Waals surface area contributed by atoms with Crippen LogP contribution < -0.4 is 15.0 Å². The topological polar surface area (TPSA) is 129 Å². The Labute approximate surface area is 243 Å². The predicted molar refractivity (Wildman–Crippen MR) is 155 cm³/mol. The number of carboxylic acid groups (broad SMARTS) is 1. The first-order chi connectivity index (χ1) is 19.7. The number of fused-ring (bicyclic) bond motifs is 2. The van der Waals surface area contributed by atoms with E-state index in [0.29, 0.717) is 26.9 Å². The molecule has 3 heterocycles. The number of aromatic amines is 1. The van der Waals surface area contributed by atoms with E-state index < -0.39 is 41.2 Å². The number of carbonyl (C=O) groups excluding carboxylic acids is 3. The van der Waals surface area contributed by atoms with Crippen LogP contribution in [-0.2, 0) is 20.8 Å². The highest BCUT2D eigenvalue weighted by molar-refractivity contribution is 9.10. The van der Waals surface area contributed by atoms with Crippen LogP contribution in [0.15, 0.2) is 77.4 Å². The molecule has 9 nitrogen and oxygen atoms in total. The third-order valence-electron chi connectivity index (χ3n) is 8.24. The predicted octanol–water partition coefficient (Wildman–Crippen LogP) is 4.66. The van der Waals surface area contributed by atoms with Crippen molar-refractivity contribution in [3.05, 3.63) is 94.1 Å². The summed E-state index contributed by atoms with van der Waals surface area (Å²) >= 11 is 3.48. The molecule has 41 heavy (non-hydrogen) atoms. The van der Waals surface area contributed by atoms with Crippen LogP contribution >= 0.6 is 15.9 Å². The largest absolute Gasteiger partial charge is 0.496 e. The molecule has 2 aliphatic rings. The quantitative estimate of drug-likeness (QED) is 0.204. The number of nitrogens with one attached hydrogen (secondary N) is 2. The molecule has 1 aromatic heterocycles. The number of aliphatic carboxylic acids is 1. The van der Waals surface area contributed by atoms with E-state index in [1.54, 1.807) is 36.5 Å². The minimum Gasteiger partial charge on any atom is -0.496 e. The number of amides is 2. The summed E-state index contributed by atoms with van der Waals surface area (Å²) in [6.07, 6.45) is 1.70. The molecule has 2 amide bonds. The average Bonchev–Trinajstić information content (AvgIpc) is 3.61. The molecule has 4 aromatic rings. The zero-order valence-corrected chi connectivity index (χ0v) is 23.8.